The summed E-state index contributed by atoms with van der Waals surface area (Å²) in [5.41, 5.74) is 4.36. The molecule has 0 aliphatic heterocycles. The maximum atomic E-state index is 11.8. The highest BCUT2D eigenvalue weighted by atomic mass is 35.5. The molecule has 6 nitrogen and oxygen atoms in total. The average Bonchev–Trinajstić information content (AvgIpc) is 3.15. The summed E-state index contributed by atoms with van der Waals surface area (Å²) in [6.45, 7) is 1.87. The summed E-state index contributed by atoms with van der Waals surface area (Å²) in [4.78, 5) is 23.5. The Labute approximate surface area is 175 Å². The van der Waals surface area contributed by atoms with Crippen LogP contribution in [0.15, 0.2) is 63.8 Å². The quantitative estimate of drug-likeness (QED) is 0.400. The van der Waals surface area contributed by atoms with Crippen LogP contribution in [0.2, 0.25) is 5.15 Å². The predicted molar refractivity (Wildman–Crippen MR) is 115 cm³/mol. The second-order valence-corrected chi connectivity index (χ2v) is 7.33. The van der Waals surface area contributed by atoms with Crippen molar-refractivity contribution in [3.8, 4) is 28.7 Å². The molecule has 4 aromatic heterocycles. The zero-order valence-corrected chi connectivity index (χ0v) is 16.5. The maximum absolute atomic E-state index is 11.8. The van der Waals surface area contributed by atoms with Crippen molar-refractivity contribution in [3.05, 3.63) is 81.4 Å². The van der Waals surface area contributed by atoms with E-state index in [9.17, 15) is 4.79 Å². The van der Waals surface area contributed by atoms with Crippen molar-refractivity contribution in [3.63, 3.8) is 0 Å². The average molecular weight is 413 g/mol. The highest BCUT2D eigenvalue weighted by molar-refractivity contribution is 6.29. The topological polar surface area (TPSA) is 95.6 Å². The van der Waals surface area contributed by atoms with Crippen LogP contribution in [-0.4, -0.2) is 15.0 Å². The van der Waals surface area contributed by atoms with Crippen LogP contribution in [0, 0.1) is 18.3 Å². The summed E-state index contributed by atoms with van der Waals surface area (Å²) in [6, 6.07) is 18.0. The molecule has 0 fully saturated rings. The van der Waals surface area contributed by atoms with E-state index in [1.165, 1.54) is 6.07 Å². The smallest absolute Gasteiger partial charge is 0.249 e. The van der Waals surface area contributed by atoms with Gasteiger partial charge in [-0.05, 0) is 61.0 Å². The molecule has 0 bridgehead atoms. The molecule has 4 heterocycles. The molecule has 0 aliphatic rings. The molecule has 0 aliphatic carbocycles. The summed E-state index contributed by atoms with van der Waals surface area (Å²) < 4.78 is 6.04. The van der Waals surface area contributed by atoms with E-state index in [2.05, 4.69) is 16.0 Å². The summed E-state index contributed by atoms with van der Waals surface area (Å²) in [6.07, 6.45) is 0. The van der Waals surface area contributed by atoms with Gasteiger partial charge in [-0.15, -0.1) is 0 Å². The third kappa shape index (κ3) is 3.11. The van der Waals surface area contributed by atoms with E-state index >= 15 is 0 Å². The summed E-state index contributed by atoms with van der Waals surface area (Å²) >= 11 is 6.20. The monoisotopic (exact) mass is 412 g/mol. The Morgan fingerprint density at radius 3 is 2.70 bits per heavy atom. The summed E-state index contributed by atoms with van der Waals surface area (Å²) in [5, 5.41) is 11.1. The molecule has 5 aromatic rings. The molecule has 7 heteroatoms. The highest BCUT2D eigenvalue weighted by Crippen LogP contribution is 2.36. The lowest BCUT2D eigenvalue weighted by Gasteiger charge is -2.10. The number of benzene rings is 1. The number of pyridine rings is 3. The molecule has 1 aromatic carbocycles. The second-order valence-electron chi connectivity index (χ2n) is 6.94. The molecule has 1 N–H and O–H groups in total. The normalized spacial score (nSPS) is 11.1. The van der Waals surface area contributed by atoms with Gasteiger partial charge in [-0.3, -0.25) is 4.79 Å². The second kappa shape index (κ2) is 6.83. The van der Waals surface area contributed by atoms with Crippen LogP contribution in [0.25, 0.3) is 44.6 Å². The minimum atomic E-state index is -0.236. The summed E-state index contributed by atoms with van der Waals surface area (Å²) in [7, 11) is 0. The largest absolute Gasteiger partial charge is 0.454 e. The molecular weight excluding hydrogens is 400 g/mol. The first-order chi connectivity index (χ1) is 14.5. The van der Waals surface area contributed by atoms with Crippen LogP contribution in [0.5, 0.6) is 0 Å². The number of nitrogens with zero attached hydrogens (tertiary/aromatic N) is 3. The van der Waals surface area contributed by atoms with Crippen LogP contribution in [0.4, 0.5) is 0 Å². The number of aromatic amines is 1. The summed E-state index contributed by atoms with van der Waals surface area (Å²) in [5.74, 6) is 0.521. The third-order valence-electron chi connectivity index (χ3n) is 4.82. The fraction of sp³-hybridized carbons (Fsp3) is 0.0435. The fourth-order valence-electron chi connectivity index (χ4n) is 3.50. The van der Waals surface area contributed by atoms with Gasteiger partial charge in [-0.1, -0.05) is 11.6 Å². The molecular formula is C23H13ClN4O2. The van der Waals surface area contributed by atoms with Gasteiger partial charge in [0.1, 0.15) is 22.1 Å². The van der Waals surface area contributed by atoms with Gasteiger partial charge in [0.25, 0.3) is 0 Å². The van der Waals surface area contributed by atoms with E-state index in [0.717, 1.165) is 27.6 Å². The number of halogens is 1. The molecule has 30 heavy (non-hydrogen) atoms. The number of nitriles is 1. The minimum Gasteiger partial charge on any atom is -0.454 e. The maximum Gasteiger partial charge on any atom is 0.249 e. The van der Waals surface area contributed by atoms with Crippen LogP contribution in [0.1, 0.15) is 11.3 Å². The van der Waals surface area contributed by atoms with Gasteiger partial charge < -0.3 is 9.40 Å². The number of aryl methyl sites for hydroxylation is 1. The van der Waals surface area contributed by atoms with Gasteiger partial charge in [-0.25, -0.2) is 9.97 Å². The first kappa shape index (κ1) is 18.1. The van der Waals surface area contributed by atoms with Crippen molar-refractivity contribution >= 4 is 33.6 Å². The number of hydrogen-bond donors (Lipinski definition) is 1. The molecule has 0 unspecified atom stereocenters. The standard InChI is InChI=1S/C23H13ClN4O2/c1-12-6-15(10-20(24)26-12)17-8-14-3-5-21(29)27-23(14)28-22(17)19-9-16-7-13(11-25)2-4-18(16)30-19/h2-10H,1H3,(H,27,28,29). The van der Waals surface area contributed by atoms with Gasteiger partial charge in [0.15, 0.2) is 5.76 Å². The Morgan fingerprint density at radius 2 is 1.90 bits per heavy atom. The molecule has 5 rings (SSSR count). The Balaban J connectivity index is 1.83. The van der Waals surface area contributed by atoms with Crippen LogP contribution < -0.4 is 5.56 Å². The zero-order chi connectivity index (χ0) is 20.8. The fourth-order valence-corrected chi connectivity index (χ4v) is 3.75. The van der Waals surface area contributed by atoms with E-state index in [4.69, 9.17) is 26.3 Å². The van der Waals surface area contributed by atoms with E-state index in [0.29, 0.717) is 33.4 Å². The lowest BCUT2D eigenvalue weighted by molar-refractivity contribution is 0.629. The van der Waals surface area contributed by atoms with Crippen molar-refractivity contribution < 1.29 is 4.42 Å². The van der Waals surface area contributed by atoms with Crippen LogP contribution >= 0.6 is 11.6 Å². The third-order valence-corrected chi connectivity index (χ3v) is 5.01. The van der Waals surface area contributed by atoms with Crippen LogP contribution in [0.3, 0.4) is 0 Å². The molecule has 144 valence electrons. The van der Waals surface area contributed by atoms with Gasteiger partial charge in [0, 0.05) is 28.1 Å². The lowest BCUT2D eigenvalue weighted by Crippen LogP contribution is -2.04. The number of fused-ring (bicyclic) bond motifs is 2. The Morgan fingerprint density at radius 1 is 1.03 bits per heavy atom. The number of hydrogen-bond acceptors (Lipinski definition) is 5. The van der Waals surface area contributed by atoms with Crippen molar-refractivity contribution in [2.75, 3.05) is 0 Å². The van der Waals surface area contributed by atoms with E-state index in [1.807, 2.05) is 25.1 Å². The van der Waals surface area contributed by atoms with E-state index < -0.39 is 0 Å². The van der Waals surface area contributed by atoms with Crippen molar-refractivity contribution in [1.82, 2.24) is 15.0 Å². The van der Waals surface area contributed by atoms with Crippen molar-refractivity contribution in [2.45, 2.75) is 6.92 Å². The SMILES string of the molecule is Cc1cc(-c2cc3ccc(=O)[nH]c3nc2-c2cc3cc(C#N)ccc3o2)cc(Cl)n1. The van der Waals surface area contributed by atoms with E-state index in [-0.39, 0.29) is 5.56 Å². The van der Waals surface area contributed by atoms with Crippen molar-refractivity contribution in [2.24, 2.45) is 0 Å². The number of furan rings is 1. The Hall–Kier alpha value is -3.95. The van der Waals surface area contributed by atoms with E-state index in [1.54, 1.807) is 30.3 Å². The van der Waals surface area contributed by atoms with Crippen LogP contribution in [-0.2, 0) is 0 Å². The minimum absolute atomic E-state index is 0.236. The highest BCUT2D eigenvalue weighted by Gasteiger charge is 2.17. The number of aromatic nitrogens is 3. The Kier molecular flexibility index (Phi) is 4.12. The van der Waals surface area contributed by atoms with Crippen molar-refractivity contribution in [1.29, 1.82) is 5.26 Å². The van der Waals surface area contributed by atoms with Gasteiger partial charge >= 0.3 is 0 Å². The molecule has 0 amide bonds. The number of H-pyrrole nitrogens is 1. The van der Waals surface area contributed by atoms with Gasteiger partial charge in [0.2, 0.25) is 5.56 Å². The number of nitrogens with one attached hydrogen (secondary N) is 1. The molecule has 0 radical (unpaired) electrons. The zero-order valence-electron chi connectivity index (χ0n) is 15.7. The molecule has 0 saturated carbocycles. The van der Waals surface area contributed by atoms with Gasteiger partial charge in [0.05, 0.1) is 11.6 Å². The molecule has 0 saturated heterocycles. The molecule has 0 spiro atoms. The molecule has 0 atom stereocenters. The predicted octanol–water partition coefficient (Wildman–Crippen LogP) is 5.23. The van der Waals surface area contributed by atoms with Gasteiger partial charge in [-0.2, -0.15) is 5.26 Å². The lowest BCUT2D eigenvalue weighted by atomic mass is 10.0. The number of rotatable bonds is 2. The first-order valence-electron chi connectivity index (χ1n) is 9.13. The Bertz CT molecular complexity index is 1540. The first-order valence-corrected chi connectivity index (χ1v) is 9.51.